The fourth-order valence-electron chi connectivity index (χ4n) is 0.913. The maximum atomic E-state index is 10.1. The zero-order valence-electron chi connectivity index (χ0n) is 7.75. The first-order chi connectivity index (χ1) is 5.27. The Hall–Kier alpha value is 0.574. The topological polar surface area (TPSA) is 37.3 Å². The molecule has 0 amide bonds. The summed E-state index contributed by atoms with van der Waals surface area (Å²) in [5.41, 5.74) is 0. The molecule has 0 atom stereocenters. The van der Waals surface area contributed by atoms with Crippen LogP contribution in [-0.2, 0) is 37.5 Å². The van der Waals surface area contributed by atoms with E-state index in [1.165, 1.54) is 6.42 Å². The molecule has 2 nitrogen and oxygen atoms in total. The van der Waals surface area contributed by atoms with E-state index in [-0.39, 0.29) is 32.7 Å². The van der Waals surface area contributed by atoms with E-state index in [0.717, 1.165) is 25.7 Å². The molecule has 0 aliphatic carbocycles. The maximum absolute atomic E-state index is 10.1. The van der Waals surface area contributed by atoms with Gasteiger partial charge in [0.25, 0.3) is 0 Å². The van der Waals surface area contributed by atoms with Crippen LogP contribution in [0.1, 0.15) is 45.4 Å². The molecule has 0 unspecified atom stereocenters. The molecule has 0 aromatic heterocycles. The summed E-state index contributed by atoms with van der Waals surface area (Å²) in [7, 11) is 0. The molecule has 0 rings (SSSR count). The average Bonchev–Trinajstić information content (AvgIpc) is 1.96. The SMILES string of the molecule is CCC[CH-]CCCCC(=O)O.[Y]. The molecule has 0 aliphatic rings. The van der Waals surface area contributed by atoms with Crippen molar-refractivity contribution in [3.63, 3.8) is 0 Å². The molecule has 0 aliphatic heterocycles. The van der Waals surface area contributed by atoms with Gasteiger partial charge in [-0.25, -0.2) is 0 Å². The predicted molar refractivity (Wildman–Crippen MR) is 45.3 cm³/mol. The van der Waals surface area contributed by atoms with Crippen LogP contribution in [0.3, 0.4) is 0 Å². The van der Waals surface area contributed by atoms with Crippen LogP contribution in [0.4, 0.5) is 0 Å². The molecule has 0 heterocycles. The van der Waals surface area contributed by atoms with E-state index in [2.05, 4.69) is 13.3 Å². The monoisotopic (exact) mass is 246 g/mol. The van der Waals surface area contributed by atoms with Crippen molar-refractivity contribution in [2.75, 3.05) is 0 Å². The van der Waals surface area contributed by atoms with E-state index in [4.69, 9.17) is 5.11 Å². The molecule has 1 radical (unpaired) electrons. The van der Waals surface area contributed by atoms with Crippen molar-refractivity contribution in [3.05, 3.63) is 6.42 Å². The summed E-state index contributed by atoms with van der Waals surface area (Å²) in [4.78, 5) is 10.1. The van der Waals surface area contributed by atoms with Gasteiger partial charge in [-0.1, -0.05) is 19.8 Å². The van der Waals surface area contributed by atoms with Gasteiger partial charge >= 0.3 is 5.97 Å². The number of unbranched alkanes of at least 4 members (excludes halogenated alkanes) is 5. The third-order valence-electron chi connectivity index (χ3n) is 1.54. The number of carbonyl (C=O) groups is 1. The van der Waals surface area contributed by atoms with Crippen LogP contribution in [0.25, 0.3) is 0 Å². The number of carboxylic acids is 1. The van der Waals surface area contributed by atoms with Crippen molar-refractivity contribution in [2.45, 2.75) is 45.4 Å². The minimum absolute atomic E-state index is 0. The molecule has 0 aromatic carbocycles. The van der Waals surface area contributed by atoms with Gasteiger partial charge in [0.2, 0.25) is 0 Å². The molecule has 0 bridgehead atoms. The molecule has 0 fully saturated rings. The average molecular weight is 246 g/mol. The summed E-state index contributed by atoms with van der Waals surface area (Å²) in [5.74, 6) is -0.680. The first-order valence-corrected chi connectivity index (χ1v) is 4.30. The van der Waals surface area contributed by atoms with Gasteiger partial charge in [0.15, 0.2) is 0 Å². The molecular formula is C9H17O2Y-. The van der Waals surface area contributed by atoms with Gasteiger partial charge in [0.1, 0.15) is 0 Å². The minimum atomic E-state index is -0.680. The van der Waals surface area contributed by atoms with Gasteiger partial charge in [0.05, 0.1) is 0 Å². The van der Waals surface area contributed by atoms with Gasteiger partial charge < -0.3 is 11.5 Å². The fraction of sp³-hybridized carbons (Fsp3) is 0.778. The van der Waals surface area contributed by atoms with Gasteiger partial charge in [-0.15, -0.1) is 0 Å². The third-order valence-corrected chi connectivity index (χ3v) is 1.54. The Morgan fingerprint density at radius 1 is 1.33 bits per heavy atom. The Kier molecular flexibility index (Phi) is 14.5. The van der Waals surface area contributed by atoms with Crippen molar-refractivity contribution < 1.29 is 42.6 Å². The standard InChI is InChI=1S/C9H17O2.Y/c1-2-3-4-5-6-7-8-9(10)11;/h4H,2-3,5-8H2,1H3,(H,10,11);/q-1;. The van der Waals surface area contributed by atoms with Crippen molar-refractivity contribution in [3.8, 4) is 0 Å². The maximum Gasteiger partial charge on any atom is 0.303 e. The molecule has 0 saturated heterocycles. The largest absolute Gasteiger partial charge is 0.481 e. The van der Waals surface area contributed by atoms with Gasteiger partial charge in [-0.3, -0.25) is 4.79 Å². The van der Waals surface area contributed by atoms with Crippen molar-refractivity contribution in [2.24, 2.45) is 0 Å². The van der Waals surface area contributed by atoms with Crippen LogP contribution in [-0.4, -0.2) is 11.1 Å². The quantitative estimate of drug-likeness (QED) is 0.553. The molecule has 0 aromatic rings. The Morgan fingerprint density at radius 3 is 2.50 bits per heavy atom. The Morgan fingerprint density at radius 2 is 2.00 bits per heavy atom. The van der Waals surface area contributed by atoms with Crippen LogP contribution < -0.4 is 0 Å². The normalized spacial score (nSPS) is 9.08. The summed E-state index contributed by atoms with van der Waals surface area (Å²) in [6.45, 7) is 2.15. The first-order valence-electron chi connectivity index (χ1n) is 4.30. The Balaban J connectivity index is 0. The number of rotatable bonds is 7. The summed E-state index contributed by atoms with van der Waals surface area (Å²) < 4.78 is 0. The molecule has 0 spiro atoms. The van der Waals surface area contributed by atoms with Crippen LogP contribution in [0.15, 0.2) is 0 Å². The van der Waals surface area contributed by atoms with Crippen LogP contribution in [0, 0.1) is 6.42 Å². The first kappa shape index (κ1) is 15.1. The Labute approximate surface area is 100.0 Å². The summed E-state index contributed by atoms with van der Waals surface area (Å²) in [5, 5.41) is 8.31. The van der Waals surface area contributed by atoms with Crippen LogP contribution in [0.2, 0.25) is 0 Å². The van der Waals surface area contributed by atoms with E-state index >= 15 is 0 Å². The van der Waals surface area contributed by atoms with E-state index in [1.807, 2.05) is 0 Å². The zero-order valence-corrected chi connectivity index (χ0v) is 10.6. The fourth-order valence-corrected chi connectivity index (χ4v) is 0.913. The third kappa shape index (κ3) is 13.2. The van der Waals surface area contributed by atoms with E-state index < -0.39 is 5.97 Å². The second-order valence-electron chi connectivity index (χ2n) is 2.72. The summed E-state index contributed by atoms with van der Waals surface area (Å²) >= 11 is 0. The van der Waals surface area contributed by atoms with Gasteiger partial charge in [-0.05, 0) is 6.42 Å². The van der Waals surface area contributed by atoms with E-state index in [9.17, 15) is 4.79 Å². The predicted octanol–water partition coefficient (Wildman–Crippen LogP) is 2.63. The number of hydrogen-bond acceptors (Lipinski definition) is 1. The van der Waals surface area contributed by atoms with E-state index in [0.29, 0.717) is 6.42 Å². The number of aliphatic carboxylic acids is 1. The van der Waals surface area contributed by atoms with Crippen LogP contribution in [0.5, 0.6) is 0 Å². The molecule has 0 saturated carbocycles. The summed E-state index contributed by atoms with van der Waals surface area (Å²) in [6.07, 6.45) is 7.82. The smallest absolute Gasteiger partial charge is 0.303 e. The molecule has 3 heteroatoms. The molecule has 69 valence electrons. The Bertz CT molecular complexity index is 105. The second kappa shape index (κ2) is 11.6. The van der Waals surface area contributed by atoms with Crippen LogP contribution >= 0.6 is 0 Å². The molecule has 1 N–H and O–H groups in total. The van der Waals surface area contributed by atoms with E-state index in [1.54, 1.807) is 0 Å². The van der Waals surface area contributed by atoms with Crippen molar-refractivity contribution >= 4 is 5.97 Å². The zero-order chi connectivity index (χ0) is 8.53. The molecule has 12 heavy (non-hydrogen) atoms. The second-order valence-corrected chi connectivity index (χ2v) is 2.72. The number of hydrogen-bond donors (Lipinski definition) is 1. The number of carboxylic acid groups (broad SMARTS) is 1. The molecular weight excluding hydrogens is 229 g/mol. The summed E-state index contributed by atoms with van der Waals surface area (Å²) in [6, 6.07) is 0. The van der Waals surface area contributed by atoms with Gasteiger partial charge in [-0.2, -0.15) is 12.8 Å². The van der Waals surface area contributed by atoms with Gasteiger partial charge in [0, 0.05) is 39.1 Å². The minimum Gasteiger partial charge on any atom is -0.481 e. The van der Waals surface area contributed by atoms with Crippen molar-refractivity contribution in [1.29, 1.82) is 0 Å². The van der Waals surface area contributed by atoms with Crippen molar-refractivity contribution in [1.82, 2.24) is 0 Å².